The number of ether oxygens (including phenoxy) is 2. The van der Waals surface area contributed by atoms with E-state index in [9.17, 15) is 4.79 Å². The van der Waals surface area contributed by atoms with Crippen LogP contribution in [0, 0.1) is 5.92 Å². The van der Waals surface area contributed by atoms with E-state index in [2.05, 4.69) is 5.32 Å². The molecule has 0 aromatic heterocycles. The van der Waals surface area contributed by atoms with Gasteiger partial charge in [0, 0.05) is 19.1 Å². The third-order valence-electron chi connectivity index (χ3n) is 5.97. The van der Waals surface area contributed by atoms with Crippen LogP contribution in [0.1, 0.15) is 45.1 Å². The lowest BCUT2D eigenvalue weighted by Crippen LogP contribution is -2.50. The molecule has 5 heteroatoms. The summed E-state index contributed by atoms with van der Waals surface area (Å²) in [6.45, 7) is 8.01. The number of amides is 1. The molecule has 1 saturated heterocycles. The first-order valence-electron chi connectivity index (χ1n) is 9.97. The number of piperidine rings is 1. The molecule has 0 unspecified atom stereocenters. The van der Waals surface area contributed by atoms with Crippen molar-refractivity contribution in [3.63, 3.8) is 0 Å². The summed E-state index contributed by atoms with van der Waals surface area (Å²) in [5, 5.41) is 3.68. The summed E-state index contributed by atoms with van der Waals surface area (Å²) in [5.41, 5.74) is 0.421. The molecule has 1 aliphatic carbocycles. The van der Waals surface area contributed by atoms with Gasteiger partial charge in [0.1, 0.15) is 13.2 Å². The van der Waals surface area contributed by atoms with Crippen molar-refractivity contribution in [2.24, 2.45) is 5.92 Å². The highest BCUT2D eigenvalue weighted by Crippen LogP contribution is 2.36. The summed E-state index contributed by atoms with van der Waals surface area (Å²) in [6, 6.07) is 6.45. The molecule has 1 aromatic rings. The Balaban J connectivity index is 1.38. The van der Waals surface area contributed by atoms with Crippen molar-refractivity contribution in [2.75, 3.05) is 32.8 Å². The maximum atomic E-state index is 13.2. The molecule has 2 heterocycles. The highest BCUT2D eigenvalue weighted by molar-refractivity contribution is 5.87. The zero-order chi connectivity index (χ0) is 18.1. The highest BCUT2D eigenvalue weighted by Gasteiger charge is 2.36. The molecule has 2 aliphatic heterocycles. The quantitative estimate of drug-likeness (QED) is 0.879. The summed E-state index contributed by atoms with van der Waals surface area (Å²) in [5.74, 6) is 2.63. The van der Waals surface area contributed by atoms with Gasteiger partial charge in [-0.3, -0.25) is 4.79 Å². The lowest BCUT2D eigenvalue weighted by molar-refractivity contribution is -0.137. The number of benzene rings is 1. The third kappa shape index (κ3) is 3.68. The molecular weight excluding hydrogens is 328 g/mol. The second kappa shape index (κ2) is 7.10. The van der Waals surface area contributed by atoms with Crippen LogP contribution in [0.15, 0.2) is 18.2 Å². The predicted molar refractivity (Wildman–Crippen MR) is 101 cm³/mol. The number of nitrogens with zero attached hydrogens (tertiary/aromatic N) is 1. The smallest absolute Gasteiger partial charge is 0.232 e. The van der Waals surface area contributed by atoms with Crippen molar-refractivity contribution in [1.29, 1.82) is 0 Å². The first-order chi connectivity index (χ1) is 12.5. The summed E-state index contributed by atoms with van der Waals surface area (Å²) in [6.07, 6.45) is 4.87. The minimum absolute atomic E-state index is 0.204. The van der Waals surface area contributed by atoms with Crippen molar-refractivity contribution in [3.8, 4) is 11.5 Å². The number of hydrogen-bond donors (Lipinski definition) is 1. The van der Waals surface area contributed by atoms with Crippen LogP contribution >= 0.6 is 0 Å². The number of carbonyl (C=O) groups is 1. The number of nitrogens with one attached hydrogen (secondary N) is 1. The molecular formula is C21H30N2O3. The van der Waals surface area contributed by atoms with Gasteiger partial charge in [-0.15, -0.1) is 0 Å². The molecule has 5 nitrogen and oxygen atoms in total. The monoisotopic (exact) mass is 358 g/mol. The highest BCUT2D eigenvalue weighted by atomic mass is 16.6. The molecule has 142 valence electrons. The first kappa shape index (κ1) is 17.7. The minimum atomic E-state index is -0.565. The Morgan fingerprint density at radius 2 is 1.81 bits per heavy atom. The van der Waals surface area contributed by atoms with Crippen LogP contribution in [0.2, 0.25) is 0 Å². The van der Waals surface area contributed by atoms with Gasteiger partial charge in [0.05, 0.1) is 5.41 Å². The fourth-order valence-corrected chi connectivity index (χ4v) is 3.89. The minimum Gasteiger partial charge on any atom is -0.486 e. The van der Waals surface area contributed by atoms with Gasteiger partial charge in [-0.25, -0.2) is 0 Å². The fraction of sp³-hybridized carbons (Fsp3) is 0.667. The van der Waals surface area contributed by atoms with Crippen LogP contribution < -0.4 is 14.8 Å². The molecule has 0 radical (unpaired) electrons. The Bertz CT molecular complexity index is 661. The van der Waals surface area contributed by atoms with Crippen molar-refractivity contribution in [1.82, 2.24) is 10.2 Å². The van der Waals surface area contributed by atoms with E-state index < -0.39 is 5.41 Å². The van der Waals surface area contributed by atoms with Gasteiger partial charge in [0.25, 0.3) is 0 Å². The largest absolute Gasteiger partial charge is 0.486 e. The maximum Gasteiger partial charge on any atom is 0.232 e. The van der Waals surface area contributed by atoms with E-state index in [1.165, 1.54) is 12.8 Å². The van der Waals surface area contributed by atoms with E-state index >= 15 is 0 Å². The van der Waals surface area contributed by atoms with Gasteiger partial charge in [-0.1, -0.05) is 6.07 Å². The van der Waals surface area contributed by atoms with E-state index in [1.54, 1.807) is 0 Å². The topological polar surface area (TPSA) is 50.8 Å². The second-order valence-corrected chi connectivity index (χ2v) is 8.40. The molecule has 4 rings (SSSR count). The summed E-state index contributed by atoms with van der Waals surface area (Å²) < 4.78 is 11.3. The third-order valence-corrected chi connectivity index (χ3v) is 5.97. The molecule has 1 amide bonds. The summed E-state index contributed by atoms with van der Waals surface area (Å²) in [7, 11) is 0. The zero-order valence-electron chi connectivity index (χ0n) is 15.9. The van der Waals surface area contributed by atoms with Crippen LogP contribution in [-0.2, 0) is 10.2 Å². The van der Waals surface area contributed by atoms with Crippen LogP contribution in [0.25, 0.3) is 0 Å². The second-order valence-electron chi connectivity index (χ2n) is 8.40. The Labute approximate surface area is 156 Å². The first-order valence-corrected chi connectivity index (χ1v) is 9.97. The van der Waals surface area contributed by atoms with Gasteiger partial charge in [0.2, 0.25) is 5.91 Å². The standard InChI is InChI=1S/C21H30N2O3/c1-21(2,16-5-6-18-19(13-16)26-12-11-25-18)20(24)23-9-7-17(8-10-23)22-14-15-3-4-15/h5-6,13,15,17,22H,3-4,7-12,14H2,1-2H3. The van der Waals surface area contributed by atoms with Gasteiger partial charge in [-0.05, 0) is 69.7 Å². The van der Waals surface area contributed by atoms with Gasteiger partial charge in [0.15, 0.2) is 11.5 Å². The lowest BCUT2D eigenvalue weighted by Gasteiger charge is -2.37. The SMILES string of the molecule is CC(C)(C(=O)N1CCC(NCC2CC2)CC1)c1ccc2c(c1)OCCO2. The molecule has 1 aromatic carbocycles. The van der Waals surface area contributed by atoms with E-state index in [4.69, 9.17) is 9.47 Å². The number of fused-ring (bicyclic) bond motifs is 1. The molecule has 1 saturated carbocycles. The Hall–Kier alpha value is -1.75. The van der Waals surface area contributed by atoms with E-state index in [0.29, 0.717) is 19.3 Å². The van der Waals surface area contributed by atoms with Crippen LogP contribution in [0.4, 0.5) is 0 Å². The Morgan fingerprint density at radius 3 is 2.50 bits per heavy atom. The molecule has 26 heavy (non-hydrogen) atoms. The maximum absolute atomic E-state index is 13.2. The molecule has 0 bridgehead atoms. The molecule has 2 fully saturated rings. The van der Waals surface area contributed by atoms with Crippen molar-refractivity contribution >= 4 is 5.91 Å². The number of likely N-dealkylation sites (tertiary alicyclic amines) is 1. The Morgan fingerprint density at radius 1 is 1.12 bits per heavy atom. The van der Waals surface area contributed by atoms with Crippen LogP contribution in [0.5, 0.6) is 11.5 Å². The lowest BCUT2D eigenvalue weighted by atomic mass is 9.82. The average Bonchev–Trinajstić information content (AvgIpc) is 3.50. The average molecular weight is 358 g/mol. The Kier molecular flexibility index (Phi) is 4.82. The van der Waals surface area contributed by atoms with Gasteiger partial charge < -0.3 is 19.7 Å². The normalized spacial score (nSPS) is 20.9. The van der Waals surface area contributed by atoms with Crippen molar-refractivity contribution < 1.29 is 14.3 Å². The predicted octanol–water partition coefficient (Wildman–Crippen LogP) is 2.73. The molecule has 3 aliphatic rings. The van der Waals surface area contributed by atoms with Crippen LogP contribution in [0.3, 0.4) is 0 Å². The van der Waals surface area contributed by atoms with E-state index in [-0.39, 0.29) is 5.91 Å². The van der Waals surface area contributed by atoms with Gasteiger partial charge in [-0.2, -0.15) is 0 Å². The number of rotatable bonds is 5. The summed E-state index contributed by atoms with van der Waals surface area (Å²) >= 11 is 0. The molecule has 1 N–H and O–H groups in total. The van der Waals surface area contributed by atoms with Gasteiger partial charge >= 0.3 is 0 Å². The van der Waals surface area contributed by atoms with Crippen molar-refractivity contribution in [2.45, 2.75) is 51.0 Å². The van der Waals surface area contributed by atoms with Crippen LogP contribution in [-0.4, -0.2) is 49.7 Å². The summed E-state index contributed by atoms with van der Waals surface area (Å²) in [4.78, 5) is 15.2. The zero-order valence-corrected chi connectivity index (χ0v) is 15.9. The van der Waals surface area contributed by atoms with E-state index in [0.717, 1.165) is 55.5 Å². The molecule has 0 atom stereocenters. The molecule has 0 spiro atoms. The van der Waals surface area contributed by atoms with Crippen molar-refractivity contribution in [3.05, 3.63) is 23.8 Å². The number of hydrogen-bond acceptors (Lipinski definition) is 4. The number of carbonyl (C=O) groups excluding carboxylic acids is 1. The van der Waals surface area contributed by atoms with E-state index in [1.807, 2.05) is 36.9 Å². The fourth-order valence-electron chi connectivity index (χ4n) is 3.89.